The fourth-order valence-corrected chi connectivity index (χ4v) is 2.21. The second-order valence-electron chi connectivity index (χ2n) is 4.81. The smallest absolute Gasteiger partial charge is 0.146 e. The Kier molecular flexibility index (Phi) is 4.43. The highest BCUT2D eigenvalue weighted by Crippen LogP contribution is 2.20. The van der Waals surface area contributed by atoms with E-state index in [4.69, 9.17) is 11.6 Å². The zero-order chi connectivity index (χ0) is 13.8. The van der Waals surface area contributed by atoms with E-state index in [1.54, 1.807) is 6.07 Å². The highest BCUT2D eigenvalue weighted by atomic mass is 35.5. The van der Waals surface area contributed by atoms with Gasteiger partial charge in [0.2, 0.25) is 0 Å². The van der Waals surface area contributed by atoms with Gasteiger partial charge in [-0.05, 0) is 49.6 Å². The molecule has 0 aromatic heterocycles. The summed E-state index contributed by atoms with van der Waals surface area (Å²) in [4.78, 5) is 0. The van der Waals surface area contributed by atoms with Crippen LogP contribution in [-0.4, -0.2) is 6.04 Å². The first-order valence-corrected chi connectivity index (χ1v) is 6.70. The number of aryl methyl sites for hydroxylation is 1. The Balaban J connectivity index is 2.05. The monoisotopic (exact) mass is 277 g/mol. The second kappa shape index (κ2) is 6.07. The average Bonchev–Trinajstić information content (AvgIpc) is 2.37. The van der Waals surface area contributed by atoms with E-state index in [0.717, 1.165) is 17.0 Å². The van der Waals surface area contributed by atoms with Crippen molar-refractivity contribution in [2.24, 2.45) is 0 Å². The number of rotatable bonds is 4. The molecule has 0 aliphatic heterocycles. The first-order chi connectivity index (χ1) is 9.06. The number of hydrogen-bond acceptors (Lipinski definition) is 1. The van der Waals surface area contributed by atoms with Crippen molar-refractivity contribution in [3.8, 4) is 0 Å². The molecule has 0 amide bonds. The number of nitrogens with one attached hydrogen (secondary N) is 1. The molecule has 2 aromatic carbocycles. The number of para-hydroxylation sites is 1. The van der Waals surface area contributed by atoms with E-state index in [0.29, 0.717) is 5.69 Å². The van der Waals surface area contributed by atoms with Crippen LogP contribution in [0.15, 0.2) is 42.5 Å². The molecule has 0 heterocycles. The quantitative estimate of drug-likeness (QED) is 0.844. The molecule has 0 fully saturated rings. The summed E-state index contributed by atoms with van der Waals surface area (Å²) in [5.74, 6) is -0.206. The summed E-state index contributed by atoms with van der Waals surface area (Å²) in [6.45, 7) is 3.95. The molecule has 0 saturated carbocycles. The summed E-state index contributed by atoms with van der Waals surface area (Å²) in [5.41, 5.74) is 2.69. The standard InChI is InChI=1S/C16H17ClFN/c1-11-4-3-5-15(18)16(11)19-12(2)10-13-6-8-14(17)9-7-13/h3-9,12,19H,10H2,1-2H3. The van der Waals surface area contributed by atoms with Crippen molar-refractivity contribution in [1.82, 2.24) is 0 Å². The normalized spacial score (nSPS) is 12.2. The van der Waals surface area contributed by atoms with Gasteiger partial charge in [0.25, 0.3) is 0 Å². The van der Waals surface area contributed by atoms with Crippen LogP contribution >= 0.6 is 11.6 Å². The lowest BCUT2D eigenvalue weighted by molar-refractivity contribution is 0.624. The van der Waals surface area contributed by atoms with Crippen molar-refractivity contribution in [2.75, 3.05) is 5.32 Å². The summed E-state index contributed by atoms with van der Waals surface area (Å²) < 4.78 is 13.7. The van der Waals surface area contributed by atoms with Crippen LogP contribution < -0.4 is 5.32 Å². The molecule has 0 bridgehead atoms. The Labute approximate surface area is 118 Å². The third-order valence-corrected chi connectivity index (χ3v) is 3.32. The van der Waals surface area contributed by atoms with E-state index in [9.17, 15) is 4.39 Å². The molecule has 1 N–H and O–H groups in total. The maximum absolute atomic E-state index is 13.7. The molecule has 0 spiro atoms. The average molecular weight is 278 g/mol. The number of anilines is 1. The third-order valence-electron chi connectivity index (χ3n) is 3.07. The van der Waals surface area contributed by atoms with Gasteiger partial charge in [-0.3, -0.25) is 0 Å². The molecule has 1 nitrogen and oxygen atoms in total. The van der Waals surface area contributed by atoms with E-state index in [1.165, 1.54) is 11.6 Å². The van der Waals surface area contributed by atoms with E-state index in [2.05, 4.69) is 5.32 Å². The molecule has 1 atom stereocenters. The maximum atomic E-state index is 13.7. The zero-order valence-electron chi connectivity index (χ0n) is 11.1. The lowest BCUT2D eigenvalue weighted by atomic mass is 10.1. The summed E-state index contributed by atoms with van der Waals surface area (Å²) >= 11 is 5.85. The van der Waals surface area contributed by atoms with E-state index < -0.39 is 0 Å². The number of benzene rings is 2. The van der Waals surface area contributed by atoms with Gasteiger partial charge in [0.15, 0.2) is 0 Å². The molecular weight excluding hydrogens is 261 g/mol. The van der Waals surface area contributed by atoms with Crippen molar-refractivity contribution in [2.45, 2.75) is 26.3 Å². The van der Waals surface area contributed by atoms with Gasteiger partial charge in [-0.25, -0.2) is 4.39 Å². The Hall–Kier alpha value is -1.54. The summed E-state index contributed by atoms with van der Waals surface area (Å²) in [7, 11) is 0. The number of halogens is 2. The topological polar surface area (TPSA) is 12.0 Å². The van der Waals surface area contributed by atoms with Crippen LogP contribution in [-0.2, 0) is 6.42 Å². The van der Waals surface area contributed by atoms with Gasteiger partial charge in [-0.15, -0.1) is 0 Å². The van der Waals surface area contributed by atoms with Gasteiger partial charge < -0.3 is 5.32 Å². The van der Waals surface area contributed by atoms with E-state index in [-0.39, 0.29) is 11.9 Å². The van der Waals surface area contributed by atoms with Gasteiger partial charge in [0.05, 0.1) is 5.69 Å². The molecule has 3 heteroatoms. The molecule has 0 radical (unpaired) electrons. The van der Waals surface area contributed by atoms with Crippen LogP contribution in [0, 0.1) is 12.7 Å². The molecule has 19 heavy (non-hydrogen) atoms. The van der Waals surface area contributed by atoms with Gasteiger partial charge in [-0.2, -0.15) is 0 Å². The summed E-state index contributed by atoms with van der Waals surface area (Å²) in [6.07, 6.45) is 0.824. The Morgan fingerprint density at radius 1 is 1.16 bits per heavy atom. The van der Waals surface area contributed by atoms with Gasteiger partial charge in [-0.1, -0.05) is 35.9 Å². The van der Waals surface area contributed by atoms with Crippen molar-refractivity contribution in [1.29, 1.82) is 0 Å². The van der Waals surface area contributed by atoms with E-state index >= 15 is 0 Å². The number of hydrogen-bond donors (Lipinski definition) is 1. The fraction of sp³-hybridized carbons (Fsp3) is 0.250. The van der Waals surface area contributed by atoms with Crippen LogP contribution in [0.2, 0.25) is 5.02 Å². The molecule has 1 unspecified atom stereocenters. The zero-order valence-corrected chi connectivity index (χ0v) is 11.8. The molecule has 0 aliphatic rings. The van der Waals surface area contributed by atoms with Crippen molar-refractivity contribution >= 4 is 17.3 Å². The van der Waals surface area contributed by atoms with Crippen molar-refractivity contribution in [3.05, 3.63) is 64.4 Å². The molecule has 2 rings (SSSR count). The minimum Gasteiger partial charge on any atom is -0.380 e. The van der Waals surface area contributed by atoms with Crippen LogP contribution in [0.1, 0.15) is 18.1 Å². The minimum absolute atomic E-state index is 0.150. The molecular formula is C16H17ClFN. The predicted molar refractivity (Wildman–Crippen MR) is 79.4 cm³/mol. The summed E-state index contributed by atoms with van der Waals surface area (Å²) in [6, 6.07) is 13.0. The Bertz CT molecular complexity index is 531. The van der Waals surface area contributed by atoms with Gasteiger partial charge in [0, 0.05) is 11.1 Å². The first-order valence-electron chi connectivity index (χ1n) is 6.32. The van der Waals surface area contributed by atoms with Gasteiger partial charge in [0.1, 0.15) is 5.82 Å². The van der Waals surface area contributed by atoms with Gasteiger partial charge >= 0.3 is 0 Å². The highest BCUT2D eigenvalue weighted by Gasteiger charge is 2.09. The Morgan fingerprint density at radius 2 is 1.84 bits per heavy atom. The lowest BCUT2D eigenvalue weighted by Gasteiger charge is -2.17. The third kappa shape index (κ3) is 3.71. The van der Waals surface area contributed by atoms with E-state index in [1.807, 2.05) is 44.2 Å². The van der Waals surface area contributed by atoms with Crippen LogP contribution in [0.3, 0.4) is 0 Å². The fourth-order valence-electron chi connectivity index (χ4n) is 2.09. The molecule has 0 saturated heterocycles. The second-order valence-corrected chi connectivity index (χ2v) is 5.24. The largest absolute Gasteiger partial charge is 0.380 e. The molecule has 2 aromatic rings. The van der Waals surface area contributed by atoms with Crippen LogP contribution in [0.5, 0.6) is 0 Å². The minimum atomic E-state index is -0.206. The van der Waals surface area contributed by atoms with Crippen molar-refractivity contribution < 1.29 is 4.39 Å². The first kappa shape index (κ1) is 13.9. The van der Waals surface area contributed by atoms with Crippen LogP contribution in [0.25, 0.3) is 0 Å². The Morgan fingerprint density at radius 3 is 2.47 bits per heavy atom. The predicted octanol–water partition coefficient (Wildman–Crippen LogP) is 4.83. The van der Waals surface area contributed by atoms with Crippen molar-refractivity contribution in [3.63, 3.8) is 0 Å². The SMILES string of the molecule is Cc1cccc(F)c1NC(C)Cc1ccc(Cl)cc1. The molecule has 100 valence electrons. The maximum Gasteiger partial charge on any atom is 0.146 e. The summed E-state index contributed by atoms with van der Waals surface area (Å²) in [5, 5.41) is 3.96. The van der Waals surface area contributed by atoms with Crippen LogP contribution in [0.4, 0.5) is 10.1 Å². The molecule has 0 aliphatic carbocycles. The highest BCUT2D eigenvalue weighted by molar-refractivity contribution is 6.30. The lowest BCUT2D eigenvalue weighted by Crippen LogP contribution is -2.19.